The van der Waals surface area contributed by atoms with Crippen molar-refractivity contribution < 1.29 is 14.7 Å². The molecule has 1 aromatic carbocycles. The predicted octanol–water partition coefficient (Wildman–Crippen LogP) is 2.82. The minimum absolute atomic E-state index is 0.0398. The molecule has 0 spiro atoms. The van der Waals surface area contributed by atoms with E-state index in [0.717, 1.165) is 37.3 Å². The Labute approximate surface area is 157 Å². The molecular weight excluding hydrogens is 350 g/mol. The van der Waals surface area contributed by atoms with Crippen molar-refractivity contribution in [2.75, 3.05) is 33.2 Å². The first-order chi connectivity index (χ1) is 12.5. The Kier molecular flexibility index (Phi) is 5.90. The molecule has 3 rings (SSSR count). The van der Waals surface area contributed by atoms with Gasteiger partial charge in [0, 0.05) is 38.3 Å². The van der Waals surface area contributed by atoms with Crippen LogP contribution in [0.15, 0.2) is 41.1 Å². The average molecular weight is 373 g/mol. The van der Waals surface area contributed by atoms with Crippen molar-refractivity contribution in [3.63, 3.8) is 0 Å². The molecule has 1 saturated heterocycles. The van der Waals surface area contributed by atoms with Gasteiger partial charge in [0.05, 0.1) is 6.54 Å². The molecule has 1 aliphatic heterocycles. The fourth-order valence-electron chi connectivity index (χ4n) is 2.96. The van der Waals surface area contributed by atoms with Crippen LogP contribution in [-0.2, 0) is 13.1 Å². The molecule has 0 atom stereocenters. The van der Waals surface area contributed by atoms with Crippen molar-refractivity contribution in [2.45, 2.75) is 13.1 Å². The number of rotatable bonds is 5. The summed E-state index contributed by atoms with van der Waals surface area (Å²) in [5, 5.41) is 13.3. The van der Waals surface area contributed by atoms with Gasteiger partial charge in [-0.15, -0.1) is 0 Å². The molecule has 6 nitrogen and oxygen atoms in total. The number of carbonyl (C=O) groups is 2. The Morgan fingerprint density at radius 3 is 2.27 bits per heavy atom. The first-order valence-electron chi connectivity index (χ1n) is 8.58. The monoisotopic (exact) mass is 373 g/mol. The third kappa shape index (κ3) is 4.62. The van der Waals surface area contributed by atoms with Gasteiger partial charge in [0.2, 0.25) is 0 Å². The van der Waals surface area contributed by atoms with Crippen LogP contribution in [0.25, 0.3) is 0 Å². The van der Waals surface area contributed by atoms with Gasteiger partial charge >= 0.3 is 6.09 Å². The lowest BCUT2D eigenvalue weighted by Crippen LogP contribution is -2.47. The summed E-state index contributed by atoms with van der Waals surface area (Å²) in [6, 6.07) is 9.19. The van der Waals surface area contributed by atoms with Gasteiger partial charge < -0.3 is 14.9 Å². The van der Waals surface area contributed by atoms with Crippen LogP contribution >= 0.6 is 11.3 Å². The Morgan fingerprint density at radius 1 is 1.04 bits per heavy atom. The molecule has 1 fully saturated rings. The van der Waals surface area contributed by atoms with Gasteiger partial charge in [-0.25, -0.2) is 4.79 Å². The van der Waals surface area contributed by atoms with Crippen LogP contribution in [0.5, 0.6) is 0 Å². The number of carbonyl (C=O) groups excluding carboxylic acids is 1. The fraction of sp³-hybridized carbons (Fsp3) is 0.368. The number of piperazine rings is 1. The van der Waals surface area contributed by atoms with Crippen LogP contribution < -0.4 is 0 Å². The molecule has 2 amide bonds. The highest BCUT2D eigenvalue weighted by atomic mass is 32.1. The van der Waals surface area contributed by atoms with E-state index in [1.54, 1.807) is 23.5 Å². The number of benzene rings is 1. The molecule has 26 heavy (non-hydrogen) atoms. The van der Waals surface area contributed by atoms with Crippen LogP contribution in [0.1, 0.15) is 21.5 Å². The number of nitrogens with zero attached hydrogens (tertiary/aromatic N) is 3. The Balaban J connectivity index is 1.62. The maximum Gasteiger partial charge on any atom is 0.407 e. The Hall–Kier alpha value is -2.38. The van der Waals surface area contributed by atoms with Gasteiger partial charge in [-0.1, -0.05) is 12.1 Å². The van der Waals surface area contributed by atoms with E-state index in [0.29, 0.717) is 18.7 Å². The van der Waals surface area contributed by atoms with Crippen LogP contribution in [0, 0.1) is 0 Å². The van der Waals surface area contributed by atoms with Crippen molar-refractivity contribution >= 4 is 23.3 Å². The van der Waals surface area contributed by atoms with Crippen molar-refractivity contribution in [1.29, 1.82) is 0 Å². The molecule has 7 heteroatoms. The van der Waals surface area contributed by atoms with Gasteiger partial charge in [-0.3, -0.25) is 9.69 Å². The van der Waals surface area contributed by atoms with E-state index in [4.69, 9.17) is 0 Å². The molecule has 0 radical (unpaired) electrons. The maximum atomic E-state index is 12.6. The van der Waals surface area contributed by atoms with Crippen molar-refractivity contribution in [1.82, 2.24) is 14.7 Å². The zero-order valence-electron chi connectivity index (χ0n) is 14.8. The molecule has 2 heterocycles. The second-order valence-electron chi connectivity index (χ2n) is 6.56. The highest BCUT2D eigenvalue weighted by Crippen LogP contribution is 2.15. The van der Waals surface area contributed by atoms with Crippen molar-refractivity contribution in [2.24, 2.45) is 0 Å². The summed E-state index contributed by atoms with van der Waals surface area (Å²) in [5.74, 6) is 0.0398. The summed E-state index contributed by atoms with van der Waals surface area (Å²) < 4.78 is 0. The number of thiophene rings is 1. The number of carboxylic acid groups (broad SMARTS) is 1. The normalized spacial score (nSPS) is 15.0. The van der Waals surface area contributed by atoms with E-state index in [2.05, 4.69) is 11.9 Å². The number of likely N-dealkylation sites (N-methyl/N-ethyl adjacent to an activating group) is 1. The summed E-state index contributed by atoms with van der Waals surface area (Å²) in [5.41, 5.74) is 2.51. The van der Waals surface area contributed by atoms with E-state index in [-0.39, 0.29) is 5.91 Å². The molecule has 0 bridgehead atoms. The van der Waals surface area contributed by atoms with Gasteiger partial charge in [0.25, 0.3) is 5.91 Å². The van der Waals surface area contributed by atoms with E-state index in [9.17, 15) is 14.7 Å². The molecule has 0 aliphatic carbocycles. The fourth-order valence-corrected chi connectivity index (χ4v) is 3.62. The minimum Gasteiger partial charge on any atom is -0.465 e. The zero-order valence-corrected chi connectivity index (χ0v) is 15.6. The van der Waals surface area contributed by atoms with Crippen molar-refractivity contribution in [3.8, 4) is 0 Å². The van der Waals surface area contributed by atoms with Gasteiger partial charge in [-0.2, -0.15) is 11.3 Å². The lowest BCUT2D eigenvalue weighted by molar-refractivity contribution is 0.0664. The first-order valence-corrected chi connectivity index (χ1v) is 9.53. The minimum atomic E-state index is -0.950. The molecule has 1 aromatic heterocycles. The zero-order chi connectivity index (χ0) is 18.5. The van der Waals surface area contributed by atoms with Crippen LogP contribution in [0.3, 0.4) is 0 Å². The Bertz CT molecular complexity index is 738. The molecule has 0 unspecified atom stereocenters. The van der Waals surface area contributed by atoms with Gasteiger partial charge in [0.15, 0.2) is 0 Å². The molecule has 1 N–H and O–H groups in total. The van der Waals surface area contributed by atoms with E-state index in [1.165, 1.54) is 4.90 Å². The summed E-state index contributed by atoms with van der Waals surface area (Å²) in [7, 11) is 2.06. The molecular formula is C19H23N3O3S. The van der Waals surface area contributed by atoms with Gasteiger partial charge in [0.1, 0.15) is 0 Å². The van der Waals surface area contributed by atoms with Gasteiger partial charge in [-0.05, 0) is 47.1 Å². The van der Waals surface area contributed by atoms with Crippen LogP contribution in [0.4, 0.5) is 4.79 Å². The highest BCUT2D eigenvalue weighted by molar-refractivity contribution is 7.07. The standard InChI is InChI=1S/C19H23N3O3S/c1-20-7-9-21(10-8-20)18(23)17-4-2-15(3-5-17)12-22(19(24)25)13-16-6-11-26-14-16/h2-6,11,14H,7-10,12-13H2,1H3,(H,24,25). The summed E-state index contributed by atoms with van der Waals surface area (Å²) in [6.45, 7) is 3.92. The molecule has 138 valence electrons. The van der Waals surface area contributed by atoms with Crippen molar-refractivity contribution in [3.05, 3.63) is 57.8 Å². The largest absolute Gasteiger partial charge is 0.465 e. The van der Waals surface area contributed by atoms with Crippen LogP contribution in [0.2, 0.25) is 0 Å². The lowest BCUT2D eigenvalue weighted by Gasteiger charge is -2.32. The number of hydrogen-bond acceptors (Lipinski definition) is 4. The van der Waals surface area contributed by atoms with Crippen LogP contribution in [-0.4, -0.2) is 65.0 Å². The molecule has 0 saturated carbocycles. The maximum absolute atomic E-state index is 12.6. The Morgan fingerprint density at radius 2 is 1.69 bits per heavy atom. The molecule has 2 aromatic rings. The quantitative estimate of drug-likeness (QED) is 0.875. The number of hydrogen-bond donors (Lipinski definition) is 1. The third-order valence-corrected chi connectivity index (χ3v) is 5.32. The second-order valence-corrected chi connectivity index (χ2v) is 7.34. The molecule has 1 aliphatic rings. The SMILES string of the molecule is CN1CCN(C(=O)c2ccc(CN(Cc3ccsc3)C(=O)O)cc2)CC1. The van der Waals surface area contributed by atoms with E-state index < -0.39 is 6.09 Å². The first kappa shape index (κ1) is 18.4. The summed E-state index contributed by atoms with van der Waals surface area (Å²) >= 11 is 1.55. The number of amides is 2. The smallest absolute Gasteiger partial charge is 0.407 e. The van der Waals surface area contributed by atoms with E-state index in [1.807, 2.05) is 33.9 Å². The summed E-state index contributed by atoms with van der Waals surface area (Å²) in [6.07, 6.45) is -0.950. The second kappa shape index (κ2) is 8.33. The predicted molar refractivity (Wildman–Crippen MR) is 101 cm³/mol. The average Bonchev–Trinajstić information content (AvgIpc) is 3.15. The third-order valence-electron chi connectivity index (χ3n) is 4.59. The highest BCUT2D eigenvalue weighted by Gasteiger charge is 2.20. The van der Waals surface area contributed by atoms with E-state index >= 15 is 0 Å². The summed E-state index contributed by atoms with van der Waals surface area (Å²) in [4.78, 5) is 29.5. The topological polar surface area (TPSA) is 64.1 Å². The lowest BCUT2D eigenvalue weighted by atomic mass is 10.1.